The molecule has 0 N–H and O–H groups in total. The molecule has 0 radical (unpaired) electrons. The second-order valence-corrected chi connectivity index (χ2v) is 6.92. The first kappa shape index (κ1) is 29.3. The highest BCUT2D eigenvalue weighted by Gasteiger charge is 2.09. The van der Waals surface area contributed by atoms with Gasteiger partial charge in [-0.05, 0) is 70.1 Å². The summed E-state index contributed by atoms with van der Waals surface area (Å²) in [5.41, 5.74) is 8.12. The Morgan fingerprint density at radius 2 is 1.66 bits per heavy atom. The van der Waals surface area contributed by atoms with Gasteiger partial charge in [0.05, 0.1) is 0 Å². The number of nitrogens with zero attached hydrogens (tertiary/aromatic N) is 1. The molecule has 1 aromatic carbocycles. The second-order valence-electron chi connectivity index (χ2n) is 6.92. The van der Waals surface area contributed by atoms with Crippen LogP contribution in [0.1, 0.15) is 99.1 Å². The molecule has 0 amide bonds. The van der Waals surface area contributed by atoms with E-state index in [9.17, 15) is 0 Å². The molecule has 29 heavy (non-hydrogen) atoms. The summed E-state index contributed by atoms with van der Waals surface area (Å²) in [6.45, 7) is 21.3. The largest absolute Gasteiger partial charge is 0.261 e. The summed E-state index contributed by atoms with van der Waals surface area (Å²) in [5, 5.41) is 0. The minimum Gasteiger partial charge on any atom is -0.261 e. The Kier molecular flexibility index (Phi) is 19.6. The third-order valence-electron chi connectivity index (χ3n) is 4.60. The zero-order valence-corrected chi connectivity index (χ0v) is 21.0. The summed E-state index contributed by atoms with van der Waals surface area (Å²) in [6, 6.07) is 8.71. The minimum absolute atomic E-state index is 1.03. The van der Waals surface area contributed by atoms with E-state index in [0.717, 1.165) is 25.0 Å². The molecular weight excluding hydrogens is 350 g/mol. The highest BCUT2D eigenvalue weighted by Crippen LogP contribution is 2.22. The number of rotatable bonds is 8. The van der Waals surface area contributed by atoms with Crippen molar-refractivity contribution in [2.24, 2.45) is 4.99 Å². The van der Waals surface area contributed by atoms with Crippen molar-refractivity contribution in [2.45, 2.75) is 101 Å². The number of benzene rings is 1. The van der Waals surface area contributed by atoms with Crippen LogP contribution in [0.15, 0.2) is 64.3 Å². The van der Waals surface area contributed by atoms with Crippen molar-refractivity contribution in [2.75, 3.05) is 0 Å². The maximum Gasteiger partial charge on any atom is 0.0446 e. The summed E-state index contributed by atoms with van der Waals surface area (Å²) in [7, 11) is 0. The molecule has 0 aromatic heterocycles. The smallest absolute Gasteiger partial charge is 0.0446 e. The Bertz CT molecular complexity index is 657. The maximum atomic E-state index is 4.54. The molecule has 0 fully saturated rings. The van der Waals surface area contributed by atoms with Crippen molar-refractivity contribution in [3.05, 3.63) is 70.5 Å². The maximum absolute atomic E-state index is 4.54. The van der Waals surface area contributed by atoms with Gasteiger partial charge in [0.25, 0.3) is 0 Å². The Morgan fingerprint density at radius 1 is 1.00 bits per heavy atom. The van der Waals surface area contributed by atoms with Gasteiger partial charge >= 0.3 is 0 Å². The van der Waals surface area contributed by atoms with Crippen LogP contribution in [0.2, 0.25) is 0 Å². The summed E-state index contributed by atoms with van der Waals surface area (Å²) in [4.78, 5) is 4.54. The van der Waals surface area contributed by atoms with Gasteiger partial charge in [0.1, 0.15) is 0 Å². The highest BCUT2D eigenvalue weighted by molar-refractivity contribution is 6.03. The molecular formula is C28H47N. The molecule has 1 nitrogen and oxygen atoms in total. The SMILES string of the molecule is CC.CCCc1cccc(C)c1.C\C=C(CC)/C(C(/C)=N/C=C/CC)=C(/C)CC. The fourth-order valence-corrected chi connectivity index (χ4v) is 3.01. The predicted octanol–water partition coefficient (Wildman–Crippen LogP) is 9.43. The van der Waals surface area contributed by atoms with Gasteiger partial charge in [0.2, 0.25) is 0 Å². The summed E-state index contributed by atoms with van der Waals surface area (Å²) < 4.78 is 0. The highest BCUT2D eigenvalue weighted by atomic mass is 14.7. The van der Waals surface area contributed by atoms with E-state index in [2.05, 4.69) is 96.8 Å². The van der Waals surface area contributed by atoms with Crippen LogP contribution < -0.4 is 0 Å². The van der Waals surface area contributed by atoms with Gasteiger partial charge in [0, 0.05) is 11.9 Å². The molecule has 0 saturated heterocycles. The Hall–Kier alpha value is -1.89. The lowest BCUT2D eigenvalue weighted by Gasteiger charge is -2.13. The van der Waals surface area contributed by atoms with Crippen molar-refractivity contribution in [1.82, 2.24) is 0 Å². The molecule has 0 saturated carbocycles. The first-order valence-electron chi connectivity index (χ1n) is 11.5. The van der Waals surface area contributed by atoms with E-state index >= 15 is 0 Å². The van der Waals surface area contributed by atoms with Gasteiger partial charge in [-0.3, -0.25) is 4.99 Å². The van der Waals surface area contributed by atoms with Crippen LogP contribution in [0.4, 0.5) is 0 Å². The first-order valence-corrected chi connectivity index (χ1v) is 11.5. The number of aliphatic imine (C=N–C) groups is 1. The average Bonchev–Trinajstić information content (AvgIpc) is 2.73. The van der Waals surface area contributed by atoms with Crippen molar-refractivity contribution < 1.29 is 0 Å². The van der Waals surface area contributed by atoms with Crippen molar-refractivity contribution in [3.63, 3.8) is 0 Å². The van der Waals surface area contributed by atoms with Gasteiger partial charge in [-0.25, -0.2) is 0 Å². The summed E-state index contributed by atoms with van der Waals surface area (Å²) >= 11 is 0. The Morgan fingerprint density at radius 3 is 2.10 bits per heavy atom. The Balaban J connectivity index is 0. The van der Waals surface area contributed by atoms with E-state index in [1.165, 1.54) is 40.7 Å². The van der Waals surface area contributed by atoms with Crippen LogP contribution in [0.25, 0.3) is 0 Å². The average molecular weight is 398 g/mol. The van der Waals surface area contributed by atoms with Crippen molar-refractivity contribution >= 4 is 5.71 Å². The fourth-order valence-electron chi connectivity index (χ4n) is 3.01. The number of allylic oxidation sites excluding steroid dienone is 5. The molecule has 1 rings (SSSR count). The zero-order valence-electron chi connectivity index (χ0n) is 21.0. The van der Waals surface area contributed by atoms with E-state index < -0.39 is 0 Å². The van der Waals surface area contributed by atoms with E-state index in [1.54, 1.807) is 0 Å². The van der Waals surface area contributed by atoms with Gasteiger partial charge in [0.15, 0.2) is 0 Å². The molecule has 0 spiro atoms. The molecule has 0 bridgehead atoms. The normalized spacial score (nSPS) is 12.6. The lowest BCUT2D eigenvalue weighted by molar-refractivity contribution is 0.920. The third kappa shape index (κ3) is 13.0. The topological polar surface area (TPSA) is 12.4 Å². The van der Waals surface area contributed by atoms with E-state index in [4.69, 9.17) is 0 Å². The molecule has 0 atom stereocenters. The Labute approximate surface area is 182 Å². The lowest BCUT2D eigenvalue weighted by Crippen LogP contribution is -2.03. The van der Waals surface area contributed by atoms with Crippen LogP contribution >= 0.6 is 0 Å². The van der Waals surface area contributed by atoms with Crippen molar-refractivity contribution in [1.29, 1.82) is 0 Å². The van der Waals surface area contributed by atoms with Crippen LogP contribution in [0, 0.1) is 6.92 Å². The lowest BCUT2D eigenvalue weighted by atomic mass is 9.93. The molecule has 0 aliphatic rings. The quantitative estimate of drug-likeness (QED) is 0.306. The van der Waals surface area contributed by atoms with E-state index in [0.29, 0.717) is 0 Å². The van der Waals surface area contributed by atoms with Crippen molar-refractivity contribution in [3.8, 4) is 0 Å². The monoisotopic (exact) mass is 397 g/mol. The molecule has 0 aliphatic carbocycles. The zero-order chi connectivity index (χ0) is 22.7. The molecule has 1 heteroatoms. The molecule has 0 aliphatic heterocycles. The summed E-state index contributed by atoms with van der Waals surface area (Å²) in [6.07, 6.45) is 11.8. The fraction of sp³-hybridized carbons (Fsp3) is 0.536. The molecule has 0 heterocycles. The van der Waals surface area contributed by atoms with Gasteiger partial charge in [-0.2, -0.15) is 0 Å². The number of hydrogen-bond acceptors (Lipinski definition) is 1. The minimum atomic E-state index is 1.03. The van der Waals surface area contributed by atoms with Crippen LogP contribution in [0.3, 0.4) is 0 Å². The molecule has 164 valence electrons. The molecule has 0 unspecified atom stereocenters. The number of hydrogen-bond donors (Lipinski definition) is 0. The van der Waals surface area contributed by atoms with E-state index in [1.807, 2.05) is 20.0 Å². The van der Waals surface area contributed by atoms with Crippen LogP contribution in [0.5, 0.6) is 0 Å². The third-order valence-corrected chi connectivity index (χ3v) is 4.60. The van der Waals surface area contributed by atoms with Gasteiger partial charge in [-0.1, -0.05) is 95.5 Å². The first-order chi connectivity index (χ1) is 13.9. The standard InChI is InChI=1S/C16H27N.C10H14.C2H6/c1-7-11-12-17-14(6)16(13(5)8-2)15(9-3)10-4;1-3-5-10-7-4-6-9(2)8-10;1-2/h9,11-12H,7-8,10H2,1-6H3;4,6-8H,3,5H2,1-2H3;1-2H3/b12-11+,15-9-,16-13-,17-14+;;. The predicted molar refractivity (Wildman–Crippen MR) is 136 cm³/mol. The molecule has 1 aromatic rings. The van der Waals surface area contributed by atoms with Crippen LogP contribution in [-0.4, -0.2) is 5.71 Å². The van der Waals surface area contributed by atoms with Gasteiger partial charge in [-0.15, -0.1) is 0 Å². The second kappa shape index (κ2) is 19.4. The van der Waals surface area contributed by atoms with Gasteiger partial charge < -0.3 is 0 Å². The van der Waals surface area contributed by atoms with Crippen LogP contribution in [-0.2, 0) is 6.42 Å². The van der Waals surface area contributed by atoms with E-state index in [-0.39, 0.29) is 0 Å². The number of aryl methyl sites for hydroxylation is 2. The summed E-state index contributed by atoms with van der Waals surface area (Å²) in [5.74, 6) is 0.